The van der Waals surface area contributed by atoms with Crippen molar-refractivity contribution in [3.63, 3.8) is 0 Å². The molecule has 0 saturated carbocycles. The van der Waals surface area contributed by atoms with Crippen LogP contribution in [0.2, 0.25) is 5.15 Å². The van der Waals surface area contributed by atoms with E-state index in [1.165, 1.54) is 13.0 Å². The van der Waals surface area contributed by atoms with Gasteiger partial charge < -0.3 is 9.64 Å². The van der Waals surface area contributed by atoms with Crippen LogP contribution in [0.25, 0.3) is 0 Å². The molecule has 2 rings (SSSR count). The standard InChI is InChI=1S/C13H14ClFN2O2/c1-9(15)6-17(11-4-13(18)19-8-11)7-10-2-3-12(14)16-5-10/h2-5,9H,6-8H2,1H3. The van der Waals surface area contributed by atoms with Crippen molar-refractivity contribution in [3.05, 3.63) is 40.8 Å². The molecule has 1 unspecified atom stereocenters. The summed E-state index contributed by atoms with van der Waals surface area (Å²) in [6.07, 6.45) is 2.03. The van der Waals surface area contributed by atoms with E-state index in [4.69, 9.17) is 16.3 Å². The van der Waals surface area contributed by atoms with E-state index in [1.807, 2.05) is 6.07 Å². The molecule has 0 amide bonds. The van der Waals surface area contributed by atoms with E-state index in [1.54, 1.807) is 17.2 Å². The molecule has 1 aromatic rings. The van der Waals surface area contributed by atoms with Crippen molar-refractivity contribution in [1.29, 1.82) is 0 Å². The molecule has 102 valence electrons. The molecular weight excluding hydrogens is 271 g/mol. The van der Waals surface area contributed by atoms with E-state index in [0.717, 1.165) is 5.56 Å². The summed E-state index contributed by atoms with van der Waals surface area (Å²) < 4.78 is 18.1. The van der Waals surface area contributed by atoms with Crippen LogP contribution in [0, 0.1) is 0 Å². The van der Waals surface area contributed by atoms with Crippen molar-refractivity contribution in [2.24, 2.45) is 0 Å². The van der Waals surface area contributed by atoms with E-state index >= 15 is 0 Å². The monoisotopic (exact) mass is 284 g/mol. The average Bonchev–Trinajstić information content (AvgIpc) is 2.77. The zero-order valence-corrected chi connectivity index (χ0v) is 11.2. The van der Waals surface area contributed by atoms with Gasteiger partial charge in [-0.2, -0.15) is 0 Å². The Balaban J connectivity index is 2.11. The summed E-state index contributed by atoms with van der Waals surface area (Å²) in [5.74, 6) is -0.388. The fourth-order valence-corrected chi connectivity index (χ4v) is 1.97. The summed E-state index contributed by atoms with van der Waals surface area (Å²) in [7, 11) is 0. The average molecular weight is 285 g/mol. The highest BCUT2D eigenvalue weighted by Crippen LogP contribution is 2.17. The largest absolute Gasteiger partial charge is 0.456 e. The Morgan fingerprint density at radius 3 is 2.89 bits per heavy atom. The first-order valence-electron chi connectivity index (χ1n) is 5.91. The number of aromatic nitrogens is 1. The number of nitrogens with zero attached hydrogens (tertiary/aromatic N) is 2. The Morgan fingerprint density at radius 2 is 2.37 bits per heavy atom. The predicted molar refractivity (Wildman–Crippen MR) is 69.3 cm³/mol. The molecule has 0 radical (unpaired) electrons. The maximum atomic E-state index is 13.2. The first-order valence-corrected chi connectivity index (χ1v) is 6.29. The second kappa shape index (κ2) is 6.02. The summed E-state index contributed by atoms with van der Waals surface area (Å²) in [5, 5.41) is 0.410. The van der Waals surface area contributed by atoms with Gasteiger partial charge in [-0.3, -0.25) is 0 Å². The number of esters is 1. The number of hydrogen-bond donors (Lipinski definition) is 0. The minimum Gasteiger partial charge on any atom is -0.456 e. The molecule has 0 bridgehead atoms. The van der Waals surface area contributed by atoms with Crippen LogP contribution in [0.1, 0.15) is 12.5 Å². The molecule has 0 aromatic carbocycles. The molecule has 2 heterocycles. The highest BCUT2D eigenvalue weighted by molar-refractivity contribution is 6.29. The number of halogens is 2. The van der Waals surface area contributed by atoms with Crippen molar-refractivity contribution in [1.82, 2.24) is 9.88 Å². The maximum Gasteiger partial charge on any atom is 0.333 e. The van der Waals surface area contributed by atoms with E-state index in [9.17, 15) is 9.18 Å². The second-order valence-corrected chi connectivity index (χ2v) is 4.78. The Morgan fingerprint density at radius 1 is 1.58 bits per heavy atom. The van der Waals surface area contributed by atoms with Crippen LogP contribution in [0.3, 0.4) is 0 Å². The molecular formula is C13H14ClFN2O2. The molecule has 0 fully saturated rings. The van der Waals surface area contributed by atoms with Crippen LogP contribution in [0.15, 0.2) is 30.1 Å². The van der Waals surface area contributed by atoms with E-state index in [0.29, 0.717) is 17.4 Å². The lowest BCUT2D eigenvalue weighted by molar-refractivity contribution is -0.135. The molecule has 1 atom stereocenters. The highest BCUT2D eigenvalue weighted by Gasteiger charge is 2.20. The van der Waals surface area contributed by atoms with Gasteiger partial charge in [0.25, 0.3) is 0 Å². The van der Waals surface area contributed by atoms with Crippen LogP contribution in [0.5, 0.6) is 0 Å². The lowest BCUT2D eigenvalue weighted by atomic mass is 10.2. The summed E-state index contributed by atoms with van der Waals surface area (Å²) >= 11 is 5.72. The lowest BCUT2D eigenvalue weighted by Crippen LogP contribution is -2.29. The molecule has 1 aliphatic rings. The fraction of sp³-hybridized carbons (Fsp3) is 0.385. The first-order chi connectivity index (χ1) is 9.04. The van der Waals surface area contributed by atoms with Crippen LogP contribution in [0.4, 0.5) is 4.39 Å². The highest BCUT2D eigenvalue weighted by atomic mass is 35.5. The fourth-order valence-electron chi connectivity index (χ4n) is 1.85. The van der Waals surface area contributed by atoms with Gasteiger partial charge in [0.15, 0.2) is 0 Å². The van der Waals surface area contributed by atoms with Gasteiger partial charge in [-0.1, -0.05) is 17.7 Å². The second-order valence-electron chi connectivity index (χ2n) is 4.39. The van der Waals surface area contributed by atoms with Crippen molar-refractivity contribution < 1.29 is 13.9 Å². The number of rotatable bonds is 5. The number of carbonyl (C=O) groups is 1. The molecule has 0 spiro atoms. The molecule has 0 N–H and O–H groups in total. The molecule has 4 nitrogen and oxygen atoms in total. The van der Waals surface area contributed by atoms with Crippen molar-refractivity contribution >= 4 is 17.6 Å². The normalized spacial score (nSPS) is 15.9. The van der Waals surface area contributed by atoms with Gasteiger partial charge >= 0.3 is 5.97 Å². The maximum absolute atomic E-state index is 13.2. The first kappa shape index (κ1) is 13.8. The van der Waals surface area contributed by atoms with E-state index < -0.39 is 6.17 Å². The van der Waals surface area contributed by atoms with E-state index in [2.05, 4.69) is 4.98 Å². The summed E-state index contributed by atoms with van der Waals surface area (Å²) in [5.41, 5.74) is 1.58. The molecule has 1 aliphatic heterocycles. The van der Waals surface area contributed by atoms with Gasteiger partial charge in [-0.25, -0.2) is 14.2 Å². The quantitative estimate of drug-likeness (QED) is 0.615. The van der Waals surface area contributed by atoms with Crippen molar-refractivity contribution in [2.75, 3.05) is 13.2 Å². The number of ether oxygens (including phenoxy) is 1. The zero-order chi connectivity index (χ0) is 13.8. The molecule has 0 aliphatic carbocycles. The Labute approximate surface area is 115 Å². The van der Waals surface area contributed by atoms with Crippen LogP contribution in [-0.2, 0) is 16.1 Å². The lowest BCUT2D eigenvalue weighted by Gasteiger charge is -2.25. The minimum atomic E-state index is -1.00. The topological polar surface area (TPSA) is 42.4 Å². The number of cyclic esters (lactones) is 1. The van der Waals surface area contributed by atoms with Gasteiger partial charge in [0.1, 0.15) is 17.9 Å². The third-order valence-corrected chi connectivity index (χ3v) is 2.91. The Kier molecular flexibility index (Phi) is 4.37. The van der Waals surface area contributed by atoms with Crippen LogP contribution < -0.4 is 0 Å². The summed E-state index contributed by atoms with van der Waals surface area (Å²) in [6.45, 7) is 2.32. The molecule has 19 heavy (non-hydrogen) atoms. The van der Waals surface area contributed by atoms with Crippen molar-refractivity contribution in [3.8, 4) is 0 Å². The molecule has 0 saturated heterocycles. The third-order valence-electron chi connectivity index (χ3n) is 2.69. The van der Waals surface area contributed by atoms with E-state index in [-0.39, 0.29) is 19.1 Å². The molecule has 1 aromatic heterocycles. The summed E-state index contributed by atoms with van der Waals surface area (Å²) in [4.78, 5) is 16.9. The number of alkyl halides is 1. The van der Waals surface area contributed by atoms with Crippen LogP contribution in [-0.4, -0.2) is 35.2 Å². The SMILES string of the molecule is CC(F)CN(Cc1ccc(Cl)nc1)C1=CC(=O)OC1. The smallest absolute Gasteiger partial charge is 0.333 e. The predicted octanol–water partition coefficient (Wildman–Crippen LogP) is 2.34. The zero-order valence-electron chi connectivity index (χ0n) is 10.5. The minimum absolute atomic E-state index is 0.187. The van der Waals surface area contributed by atoms with Gasteiger partial charge in [-0.05, 0) is 18.6 Å². The van der Waals surface area contributed by atoms with Gasteiger partial charge in [0.2, 0.25) is 0 Å². The number of carbonyl (C=O) groups excluding carboxylic acids is 1. The Hall–Kier alpha value is -1.62. The van der Waals surface area contributed by atoms with Crippen LogP contribution >= 0.6 is 11.6 Å². The van der Waals surface area contributed by atoms with Crippen molar-refractivity contribution in [2.45, 2.75) is 19.6 Å². The van der Waals surface area contributed by atoms with Gasteiger partial charge in [-0.15, -0.1) is 0 Å². The molecule has 6 heteroatoms. The summed E-state index contributed by atoms with van der Waals surface area (Å²) in [6, 6.07) is 3.50. The number of pyridine rings is 1. The Bertz CT molecular complexity index is 488. The van der Waals surface area contributed by atoms with Gasteiger partial charge in [0, 0.05) is 25.4 Å². The van der Waals surface area contributed by atoms with Gasteiger partial charge in [0.05, 0.1) is 5.70 Å². The third kappa shape index (κ3) is 3.92. The number of hydrogen-bond acceptors (Lipinski definition) is 4.